The maximum absolute atomic E-state index is 12.9. The highest BCUT2D eigenvalue weighted by molar-refractivity contribution is 7.09. The van der Waals surface area contributed by atoms with Crippen LogP contribution in [0, 0.1) is 5.82 Å². The molecule has 18 heavy (non-hydrogen) atoms. The van der Waals surface area contributed by atoms with E-state index in [0.717, 1.165) is 39.6 Å². The first-order chi connectivity index (χ1) is 8.36. The first-order valence-corrected chi connectivity index (χ1v) is 5.62. The number of pyridine rings is 1. The molecule has 2 aromatic heterocycles. The Hall–Kier alpha value is -1.70. The van der Waals surface area contributed by atoms with Gasteiger partial charge in [-0.3, -0.25) is 4.79 Å². The van der Waals surface area contributed by atoms with Gasteiger partial charge in [0.15, 0.2) is 5.69 Å². The first kappa shape index (κ1) is 12.7. The number of hydrogen-bond acceptors (Lipinski definition) is 3. The van der Waals surface area contributed by atoms with E-state index in [1.165, 1.54) is 0 Å². The normalized spacial score (nSPS) is 11.8. The fourth-order valence-corrected chi connectivity index (χ4v) is 2.08. The van der Waals surface area contributed by atoms with E-state index in [2.05, 4.69) is 4.98 Å². The van der Waals surface area contributed by atoms with Crippen LogP contribution in [0.3, 0.4) is 0 Å². The third kappa shape index (κ3) is 2.76. The number of thiazole rings is 1. The summed E-state index contributed by atoms with van der Waals surface area (Å²) in [6.45, 7) is -0.183. The van der Waals surface area contributed by atoms with Gasteiger partial charge in [0.25, 0.3) is 5.56 Å². The Balaban J connectivity index is 2.27. The summed E-state index contributed by atoms with van der Waals surface area (Å²) in [4.78, 5) is 14.7. The number of nitrogens with zero attached hydrogens (tertiary/aromatic N) is 2. The highest BCUT2D eigenvalue weighted by atomic mass is 32.1. The highest BCUT2D eigenvalue weighted by Crippen LogP contribution is 2.30. The van der Waals surface area contributed by atoms with Crippen molar-refractivity contribution in [3.8, 4) is 0 Å². The van der Waals surface area contributed by atoms with Gasteiger partial charge in [0.05, 0.1) is 6.54 Å². The predicted octanol–water partition coefficient (Wildman–Crippen LogP) is 2.51. The van der Waals surface area contributed by atoms with Crippen LogP contribution in [-0.4, -0.2) is 9.55 Å². The van der Waals surface area contributed by atoms with Gasteiger partial charge in [-0.25, -0.2) is 9.37 Å². The molecule has 2 heterocycles. The molecular formula is C10H6F4N2OS. The number of halogens is 4. The monoisotopic (exact) mass is 278 g/mol. The molecular weight excluding hydrogens is 272 g/mol. The van der Waals surface area contributed by atoms with Gasteiger partial charge in [-0.2, -0.15) is 13.2 Å². The Morgan fingerprint density at radius 1 is 1.33 bits per heavy atom. The van der Waals surface area contributed by atoms with E-state index >= 15 is 0 Å². The highest BCUT2D eigenvalue weighted by Gasteiger charge is 2.33. The summed E-state index contributed by atoms with van der Waals surface area (Å²) in [5.41, 5.74) is -1.51. The molecule has 0 aromatic carbocycles. The van der Waals surface area contributed by atoms with Crippen molar-refractivity contribution in [1.29, 1.82) is 0 Å². The van der Waals surface area contributed by atoms with Crippen molar-refractivity contribution in [3.05, 3.63) is 50.6 Å². The molecule has 0 unspecified atom stereocenters. The standard InChI is InChI=1S/C10H6F4N2OS/c11-6-1-2-9(17)16(3-6)4-8-15-7(5-18-8)10(12,13)14/h1-3,5H,4H2. The molecule has 0 aliphatic rings. The Morgan fingerprint density at radius 3 is 2.67 bits per heavy atom. The quantitative estimate of drug-likeness (QED) is 0.791. The van der Waals surface area contributed by atoms with Crippen LogP contribution in [0.5, 0.6) is 0 Å². The average molecular weight is 278 g/mol. The Kier molecular flexibility index (Phi) is 3.20. The van der Waals surface area contributed by atoms with Crippen molar-refractivity contribution in [2.45, 2.75) is 12.7 Å². The molecule has 0 aliphatic carbocycles. The van der Waals surface area contributed by atoms with Crippen molar-refractivity contribution in [1.82, 2.24) is 9.55 Å². The number of aromatic nitrogens is 2. The van der Waals surface area contributed by atoms with Gasteiger partial charge >= 0.3 is 6.18 Å². The van der Waals surface area contributed by atoms with Crippen LogP contribution in [0.2, 0.25) is 0 Å². The van der Waals surface area contributed by atoms with E-state index in [1.54, 1.807) is 0 Å². The van der Waals surface area contributed by atoms with Gasteiger partial charge in [0.1, 0.15) is 10.8 Å². The van der Waals surface area contributed by atoms with Crippen molar-refractivity contribution in [2.24, 2.45) is 0 Å². The summed E-state index contributed by atoms with van der Waals surface area (Å²) >= 11 is 0.773. The summed E-state index contributed by atoms with van der Waals surface area (Å²) < 4.78 is 50.8. The summed E-state index contributed by atoms with van der Waals surface area (Å²) in [5.74, 6) is -0.637. The third-order valence-electron chi connectivity index (χ3n) is 2.10. The summed E-state index contributed by atoms with van der Waals surface area (Å²) in [7, 11) is 0. The number of alkyl halides is 3. The molecule has 0 saturated heterocycles. The lowest BCUT2D eigenvalue weighted by Gasteiger charge is -2.03. The third-order valence-corrected chi connectivity index (χ3v) is 2.93. The predicted molar refractivity (Wildman–Crippen MR) is 56.9 cm³/mol. The zero-order valence-electron chi connectivity index (χ0n) is 8.74. The molecule has 0 atom stereocenters. The van der Waals surface area contributed by atoms with E-state index < -0.39 is 23.2 Å². The van der Waals surface area contributed by atoms with Gasteiger partial charge in [0.2, 0.25) is 0 Å². The van der Waals surface area contributed by atoms with Crippen molar-refractivity contribution < 1.29 is 17.6 Å². The van der Waals surface area contributed by atoms with Gasteiger partial charge in [-0.1, -0.05) is 0 Å². The SMILES string of the molecule is O=c1ccc(F)cn1Cc1nc(C(F)(F)F)cs1. The lowest BCUT2D eigenvalue weighted by molar-refractivity contribution is -0.140. The smallest absolute Gasteiger partial charge is 0.306 e. The molecule has 0 radical (unpaired) electrons. The van der Waals surface area contributed by atoms with Crippen LogP contribution < -0.4 is 5.56 Å². The molecule has 0 saturated carbocycles. The topological polar surface area (TPSA) is 34.9 Å². The van der Waals surface area contributed by atoms with Gasteiger partial charge < -0.3 is 4.57 Å². The lowest BCUT2D eigenvalue weighted by atomic mass is 10.4. The Labute approximate surface area is 102 Å². The molecule has 0 spiro atoms. The van der Waals surface area contributed by atoms with Gasteiger partial charge in [-0.05, 0) is 6.07 Å². The Bertz CT molecular complexity index is 617. The maximum Gasteiger partial charge on any atom is 0.434 e. The van der Waals surface area contributed by atoms with E-state index in [9.17, 15) is 22.4 Å². The minimum absolute atomic E-state index is 0.0926. The van der Waals surface area contributed by atoms with E-state index in [0.29, 0.717) is 0 Å². The summed E-state index contributed by atoms with van der Waals surface area (Å²) in [5, 5.41) is 0.953. The van der Waals surface area contributed by atoms with Crippen LogP contribution in [0.25, 0.3) is 0 Å². The molecule has 0 bridgehead atoms. The molecule has 0 aliphatic heterocycles. The van der Waals surface area contributed by atoms with E-state index in [4.69, 9.17) is 0 Å². The van der Waals surface area contributed by atoms with Crippen LogP contribution in [0.4, 0.5) is 17.6 Å². The molecule has 96 valence electrons. The van der Waals surface area contributed by atoms with E-state index in [-0.39, 0.29) is 11.6 Å². The fraction of sp³-hybridized carbons (Fsp3) is 0.200. The second-order valence-corrected chi connectivity index (χ2v) is 4.38. The van der Waals surface area contributed by atoms with Gasteiger partial charge in [-0.15, -0.1) is 11.3 Å². The maximum atomic E-state index is 12.9. The number of rotatable bonds is 2. The molecule has 0 fully saturated rings. The largest absolute Gasteiger partial charge is 0.434 e. The Morgan fingerprint density at radius 2 is 2.06 bits per heavy atom. The van der Waals surface area contributed by atoms with Crippen LogP contribution >= 0.6 is 11.3 Å². The second-order valence-electron chi connectivity index (χ2n) is 3.44. The fourth-order valence-electron chi connectivity index (χ4n) is 1.29. The van der Waals surface area contributed by atoms with Gasteiger partial charge in [0, 0.05) is 17.6 Å². The van der Waals surface area contributed by atoms with Crippen molar-refractivity contribution in [3.63, 3.8) is 0 Å². The number of hydrogen-bond donors (Lipinski definition) is 0. The van der Waals surface area contributed by atoms with Crippen molar-refractivity contribution in [2.75, 3.05) is 0 Å². The lowest BCUT2D eigenvalue weighted by Crippen LogP contribution is -2.19. The van der Waals surface area contributed by atoms with Crippen LogP contribution in [-0.2, 0) is 12.7 Å². The summed E-state index contributed by atoms with van der Waals surface area (Å²) in [6, 6.07) is 2.00. The molecule has 2 aromatic rings. The van der Waals surface area contributed by atoms with Crippen LogP contribution in [0.15, 0.2) is 28.5 Å². The first-order valence-electron chi connectivity index (χ1n) is 4.74. The molecule has 0 N–H and O–H groups in total. The van der Waals surface area contributed by atoms with Crippen molar-refractivity contribution >= 4 is 11.3 Å². The summed E-state index contributed by atoms with van der Waals surface area (Å²) in [6.07, 6.45) is -3.58. The zero-order chi connectivity index (χ0) is 13.3. The average Bonchev–Trinajstić information content (AvgIpc) is 2.71. The minimum atomic E-state index is -4.51. The molecule has 3 nitrogen and oxygen atoms in total. The molecule has 8 heteroatoms. The molecule has 2 rings (SSSR count). The molecule has 0 amide bonds. The zero-order valence-corrected chi connectivity index (χ0v) is 9.56. The second kappa shape index (κ2) is 4.52. The van der Waals surface area contributed by atoms with E-state index in [1.807, 2.05) is 0 Å². The van der Waals surface area contributed by atoms with Crippen LogP contribution in [0.1, 0.15) is 10.7 Å². The minimum Gasteiger partial charge on any atom is -0.306 e.